The molecule has 0 aliphatic heterocycles. The smallest absolute Gasteiger partial charge is 0.462 e. The number of hydrogen-bond acceptors (Lipinski definition) is 15. The number of carbonyl (C=O) groups excluding carboxylic acids is 4. The Bertz CT molecular complexity index is 2490. The molecular formula is C85H144O17P2. The van der Waals surface area contributed by atoms with Crippen LogP contribution in [0.3, 0.4) is 0 Å². The molecule has 2 unspecified atom stereocenters. The fraction of sp³-hybridized carbons (Fsp3) is 0.694. The second kappa shape index (κ2) is 76.4. The number of phosphoric acid groups is 2. The van der Waals surface area contributed by atoms with Crippen LogP contribution in [-0.2, 0) is 65.4 Å². The first-order valence-corrected chi connectivity index (χ1v) is 43.4. The Morgan fingerprint density at radius 3 is 0.837 bits per heavy atom. The van der Waals surface area contributed by atoms with Gasteiger partial charge in [0, 0.05) is 25.7 Å². The number of allylic oxidation sites excluding steroid dienone is 22. The molecule has 3 N–H and O–H groups in total. The Hall–Kier alpha value is -4.80. The summed E-state index contributed by atoms with van der Waals surface area (Å²) in [6.07, 6.45) is 86.0. The lowest BCUT2D eigenvalue weighted by molar-refractivity contribution is -0.161. The summed E-state index contributed by atoms with van der Waals surface area (Å²) >= 11 is 0. The van der Waals surface area contributed by atoms with E-state index < -0.39 is 97.5 Å². The number of aliphatic hydroxyl groups excluding tert-OH is 1. The van der Waals surface area contributed by atoms with Crippen LogP contribution in [0.25, 0.3) is 0 Å². The molecule has 0 aromatic heterocycles. The first kappa shape index (κ1) is 99.2. The molecule has 5 atom stereocenters. The van der Waals surface area contributed by atoms with Gasteiger partial charge >= 0.3 is 39.5 Å². The van der Waals surface area contributed by atoms with Crippen LogP contribution in [0, 0.1) is 0 Å². The molecule has 0 aliphatic rings. The summed E-state index contributed by atoms with van der Waals surface area (Å²) in [6, 6.07) is 0. The SMILES string of the molecule is CCCCC/C=C\C/C=C\C/C=C\C/C=C\C/C=C\CCC(=O)OC[C@H](COP(=O)(O)OC[C@@H](O)COP(=O)(O)OC[C@@H](COC(=O)CCCCCCCCCCCCCCC)OC(=O)CCCCCCC/C=C\CCCCCC)OC(=O)CC/C=C\C/C=C\C/C=C\C/C=C\C/C=C\CCCCC. The summed E-state index contributed by atoms with van der Waals surface area (Å²) in [5, 5.41) is 10.6. The maximum absolute atomic E-state index is 13.1. The zero-order valence-corrected chi connectivity index (χ0v) is 66.9. The van der Waals surface area contributed by atoms with Crippen molar-refractivity contribution in [3.8, 4) is 0 Å². The van der Waals surface area contributed by atoms with Crippen LogP contribution in [0.4, 0.5) is 0 Å². The predicted octanol–water partition coefficient (Wildman–Crippen LogP) is 23.7. The van der Waals surface area contributed by atoms with Crippen LogP contribution in [0.2, 0.25) is 0 Å². The van der Waals surface area contributed by atoms with E-state index in [1.807, 2.05) is 36.5 Å². The van der Waals surface area contributed by atoms with Crippen molar-refractivity contribution in [1.29, 1.82) is 0 Å². The average molecular weight is 1500 g/mol. The molecule has 0 radical (unpaired) electrons. The topological polar surface area (TPSA) is 237 Å². The number of unbranched alkanes of at least 4 members (excludes halogenated alkanes) is 27. The Morgan fingerprint density at radius 2 is 0.490 bits per heavy atom. The number of carbonyl (C=O) groups is 4. The monoisotopic (exact) mass is 1500 g/mol. The van der Waals surface area contributed by atoms with Crippen LogP contribution in [-0.4, -0.2) is 96.7 Å². The molecule has 596 valence electrons. The van der Waals surface area contributed by atoms with Gasteiger partial charge in [-0.25, -0.2) is 9.13 Å². The van der Waals surface area contributed by atoms with Gasteiger partial charge in [-0.15, -0.1) is 0 Å². The molecule has 0 aromatic rings. The van der Waals surface area contributed by atoms with Gasteiger partial charge in [-0.05, 0) is 128 Å². The molecule has 0 saturated heterocycles. The zero-order valence-electron chi connectivity index (χ0n) is 65.2. The van der Waals surface area contributed by atoms with Crippen molar-refractivity contribution in [1.82, 2.24) is 0 Å². The second-order valence-corrected chi connectivity index (χ2v) is 29.6. The third-order valence-electron chi connectivity index (χ3n) is 16.6. The Balaban J connectivity index is 5.50. The standard InChI is InChI=1S/C85H144O17P2/c1-5-9-13-17-21-25-29-33-35-37-39-41-43-47-50-54-58-62-66-70-83(88)96-76-81(102-85(90)72-68-64-60-56-52-48-44-42-40-38-36-34-30-26-22-18-14-10-6-2)78-100-104(93,94)98-74-79(86)73-97-103(91,92)99-77-80(101-84(89)71-67-63-59-55-51-46-32-28-24-20-16-12-8-4)75-95-82(87)69-65-61-57-53-49-45-31-27-23-19-15-11-7-3/h21-22,25-26,28,32-36,39-42,47-48,50,52,58,60,62,64,79-81,86H,5-20,23-24,27,29-31,37-38,43-46,49,51,53-57,59,61,63,65-78H2,1-4H3,(H,91,92)(H,93,94)/b25-21-,26-22-,32-28-,35-33-,36-34-,41-39-,42-40-,50-47-,52-48-,62-58-,64-60-/t79-,80+,81+/m0/s1. The van der Waals surface area contributed by atoms with Crippen molar-refractivity contribution >= 4 is 39.5 Å². The fourth-order valence-corrected chi connectivity index (χ4v) is 12.0. The lowest BCUT2D eigenvalue weighted by atomic mass is 10.0. The highest BCUT2D eigenvalue weighted by atomic mass is 31.2. The molecule has 104 heavy (non-hydrogen) atoms. The summed E-state index contributed by atoms with van der Waals surface area (Å²) in [5.41, 5.74) is 0. The summed E-state index contributed by atoms with van der Waals surface area (Å²) in [4.78, 5) is 72.9. The first-order chi connectivity index (χ1) is 50.7. The van der Waals surface area contributed by atoms with Gasteiger partial charge in [0.25, 0.3) is 0 Å². The highest BCUT2D eigenvalue weighted by Crippen LogP contribution is 2.45. The van der Waals surface area contributed by atoms with Crippen LogP contribution >= 0.6 is 15.6 Å². The average Bonchev–Trinajstić information content (AvgIpc) is 0.906. The predicted molar refractivity (Wildman–Crippen MR) is 427 cm³/mol. The van der Waals surface area contributed by atoms with E-state index in [1.54, 1.807) is 0 Å². The van der Waals surface area contributed by atoms with Crippen molar-refractivity contribution < 1.29 is 80.2 Å². The lowest BCUT2D eigenvalue weighted by Crippen LogP contribution is -2.30. The van der Waals surface area contributed by atoms with E-state index in [4.69, 9.17) is 37.0 Å². The lowest BCUT2D eigenvalue weighted by Gasteiger charge is -2.21. The maximum atomic E-state index is 13.1. The number of hydrogen-bond donors (Lipinski definition) is 3. The second-order valence-electron chi connectivity index (χ2n) is 26.7. The summed E-state index contributed by atoms with van der Waals surface area (Å²) in [5.74, 6) is -2.37. The zero-order chi connectivity index (χ0) is 76.0. The van der Waals surface area contributed by atoms with Gasteiger partial charge in [0.2, 0.25) is 0 Å². The molecule has 19 heteroatoms. The molecule has 0 amide bonds. The van der Waals surface area contributed by atoms with Crippen LogP contribution in [0.5, 0.6) is 0 Å². The van der Waals surface area contributed by atoms with E-state index in [1.165, 1.54) is 122 Å². The quantitative estimate of drug-likeness (QED) is 0.0169. The first-order valence-electron chi connectivity index (χ1n) is 40.4. The molecule has 0 heterocycles. The van der Waals surface area contributed by atoms with Gasteiger partial charge in [0.15, 0.2) is 12.2 Å². The third kappa shape index (κ3) is 75.4. The minimum atomic E-state index is -5.02. The summed E-state index contributed by atoms with van der Waals surface area (Å²) in [6.45, 7) is 4.64. The Kier molecular flexibility index (Phi) is 72.9. The summed E-state index contributed by atoms with van der Waals surface area (Å²) < 4.78 is 68.4. The van der Waals surface area contributed by atoms with Gasteiger partial charge in [-0.1, -0.05) is 303 Å². The van der Waals surface area contributed by atoms with Gasteiger partial charge in [-0.3, -0.25) is 37.3 Å². The summed E-state index contributed by atoms with van der Waals surface area (Å²) in [7, 11) is -10.0. The highest BCUT2D eigenvalue weighted by Gasteiger charge is 2.30. The molecule has 0 rings (SSSR count). The van der Waals surface area contributed by atoms with E-state index >= 15 is 0 Å². The molecule has 0 bridgehead atoms. The minimum absolute atomic E-state index is 0.0194. The number of esters is 4. The largest absolute Gasteiger partial charge is 0.472 e. The van der Waals surface area contributed by atoms with E-state index in [0.717, 1.165) is 109 Å². The Morgan fingerprint density at radius 1 is 0.269 bits per heavy atom. The van der Waals surface area contributed by atoms with E-state index in [2.05, 4.69) is 125 Å². The molecule has 0 aliphatic carbocycles. The van der Waals surface area contributed by atoms with Gasteiger partial charge in [0.05, 0.1) is 26.4 Å². The molecule has 0 spiro atoms. The normalized spacial score (nSPS) is 14.6. The van der Waals surface area contributed by atoms with Crippen molar-refractivity contribution in [2.24, 2.45) is 0 Å². The van der Waals surface area contributed by atoms with Gasteiger partial charge in [-0.2, -0.15) is 0 Å². The number of aliphatic hydroxyl groups is 1. The molecule has 0 saturated carbocycles. The fourth-order valence-electron chi connectivity index (χ4n) is 10.4. The number of phosphoric ester groups is 2. The van der Waals surface area contributed by atoms with Crippen molar-refractivity contribution in [2.75, 3.05) is 39.6 Å². The molecular weight excluding hydrogens is 1350 g/mol. The Labute approximate surface area is 631 Å². The van der Waals surface area contributed by atoms with Crippen LogP contribution < -0.4 is 0 Å². The highest BCUT2D eigenvalue weighted by molar-refractivity contribution is 7.47. The minimum Gasteiger partial charge on any atom is -0.462 e. The number of rotatable bonds is 75. The van der Waals surface area contributed by atoms with Crippen molar-refractivity contribution in [2.45, 2.75) is 341 Å². The van der Waals surface area contributed by atoms with Crippen LogP contribution in [0.1, 0.15) is 323 Å². The molecule has 0 aromatic carbocycles. The van der Waals surface area contributed by atoms with E-state index in [9.17, 15) is 43.2 Å². The number of ether oxygens (including phenoxy) is 4. The van der Waals surface area contributed by atoms with E-state index in [0.29, 0.717) is 38.5 Å². The maximum Gasteiger partial charge on any atom is 0.472 e. The molecule has 0 fully saturated rings. The van der Waals surface area contributed by atoms with E-state index in [-0.39, 0.29) is 25.7 Å². The van der Waals surface area contributed by atoms with Crippen LogP contribution in [0.15, 0.2) is 134 Å². The van der Waals surface area contributed by atoms with Gasteiger partial charge in [0.1, 0.15) is 19.3 Å². The molecule has 17 nitrogen and oxygen atoms in total. The third-order valence-corrected chi connectivity index (χ3v) is 18.5. The van der Waals surface area contributed by atoms with Gasteiger partial charge < -0.3 is 33.8 Å². The van der Waals surface area contributed by atoms with Crippen molar-refractivity contribution in [3.05, 3.63) is 134 Å². The van der Waals surface area contributed by atoms with Crippen molar-refractivity contribution in [3.63, 3.8) is 0 Å².